The van der Waals surface area contributed by atoms with E-state index in [1.165, 1.54) is 0 Å². The first-order valence-electron chi connectivity index (χ1n) is 3.97. The molecule has 1 aliphatic carbocycles. The molecule has 0 amide bonds. The predicted molar refractivity (Wildman–Crippen MR) is 43.1 cm³/mol. The van der Waals surface area contributed by atoms with Gasteiger partial charge in [-0.1, -0.05) is 6.92 Å². The van der Waals surface area contributed by atoms with Crippen LogP contribution in [0.5, 0.6) is 0 Å². The van der Waals surface area contributed by atoms with Gasteiger partial charge in [0, 0.05) is 5.75 Å². The van der Waals surface area contributed by atoms with Crippen LogP contribution in [0.3, 0.4) is 0 Å². The number of hydrogen-bond donors (Lipinski definition) is 1. The normalized spacial score (nSPS) is 32.5. The van der Waals surface area contributed by atoms with Gasteiger partial charge in [0.05, 0.1) is 11.4 Å². The Morgan fingerprint density at radius 1 is 1.45 bits per heavy atom. The van der Waals surface area contributed by atoms with Crippen molar-refractivity contribution in [2.24, 2.45) is 0 Å². The van der Waals surface area contributed by atoms with Crippen LogP contribution in [-0.4, -0.2) is 30.6 Å². The first-order valence-corrected chi connectivity index (χ1v) is 5.69. The highest BCUT2D eigenvalue weighted by Crippen LogP contribution is 2.25. The molecule has 0 bridgehead atoms. The standard InChI is InChI=1S/C7H14O3S/c1-2-11(9,10)7-5-3-4-6(7)8/h6-8H,2-5H2,1H3. The SMILES string of the molecule is CCS(=O)(=O)C1CCCC1O. The fourth-order valence-corrected chi connectivity index (χ4v) is 3.11. The highest BCUT2D eigenvalue weighted by Gasteiger charge is 2.34. The van der Waals surface area contributed by atoms with Crippen molar-refractivity contribution in [2.45, 2.75) is 37.5 Å². The molecule has 0 spiro atoms. The molecule has 0 aromatic carbocycles. The zero-order chi connectivity index (χ0) is 8.48. The fourth-order valence-electron chi connectivity index (χ4n) is 1.54. The summed E-state index contributed by atoms with van der Waals surface area (Å²) in [7, 11) is -3.00. The van der Waals surface area contributed by atoms with E-state index in [4.69, 9.17) is 0 Å². The van der Waals surface area contributed by atoms with Crippen LogP contribution in [-0.2, 0) is 9.84 Å². The minimum Gasteiger partial charge on any atom is -0.392 e. The molecule has 0 aromatic rings. The summed E-state index contributed by atoms with van der Waals surface area (Å²) < 4.78 is 22.5. The van der Waals surface area contributed by atoms with Crippen LogP contribution in [0.15, 0.2) is 0 Å². The lowest BCUT2D eigenvalue weighted by molar-refractivity contribution is 0.185. The molecular formula is C7H14O3S. The van der Waals surface area contributed by atoms with E-state index in [1.54, 1.807) is 6.92 Å². The summed E-state index contributed by atoms with van der Waals surface area (Å²) in [6.45, 7) is 1.63. The van der Waals surface area contributed by atoms with Crippen LogP contribution >= 0.6 is 0 Å². The van der Waals surface area contributed by atoms with Crippen molar-refractivity contribution in [1.29, 1.82) is 0 Å². The molecule has 0 heterocycles. The van der Waals surface area contributed by atoms with Crippen molar-refractivity contribution >= 4 is 9.84 Å². The molecule has 0 aromatic heterocycles. The number of rotatable bonds is 2. The fraction of sp³-hybridized carbons (Fsp3) is 1.00. The summed E-state index contributed by atoms with van der Waals surface area (Å²) in [5, 5.41) is 8.80. The van der Waals surface area contributed by atoms with Gasteiger partial charge >= 0.3 is 0 Å². The van der Waals surface area contributed by atoms with Gasteiger partial charge in [-0.05, 0) is 19.3 Å². The second-order valence-corrected chi connectivity index (χ2v) is 5.50. The molecule has 0 aliphatic heterocycles. The second-order valence-electron chi connectivity index (χ2n) is 2.99. The van der Waals surface area contributed by atoms with Crippen LogP contribution in [0, 0.1) is 0 Å². The minimum absolute atomic E-state index is 0.148. The lowest BCUT2D eigenvalue weighted by Gasteiger charge is -2.13. The smallest absolute Gasteiger partial charge is 0.155 e. The summed E-state index contributed by atoms with van der Waals surface area (Å²) in [5.41, 5.74) is 0. The van der Waals surface area contributed by atoms with Gasteiger partial charge in [0.25, 0.3) is 0 Å². The second kappa shape index (κ2) is 3.11. The molecule has 11 heavy (non-hydrogen) atoms. The molecule has 1 N–H and O–H groups in total. The Kier molecular flexibility index (Phi) is 2.54. The zero-order valence-electron chi connectivity index (χ0n) is 6.66. The third kappa shape index (κ3) is 1.73. The minimum atomic E-state index is -3.00. The zero-order valence-corrected chi connectivity index (χ0v) is 7.47. The highest BCUT2D eigenvalue weighted by atomic mass is 32.2. The summed E-state index contributed by atoms with van der Waals surface area (Å²) in [4.78, 5) is 0. The van der Waals surface area contributed by atoms with Crippen LogP contribution in [0.4, 0.5) is 0 Å². The Bertz CT molecular complexity index is 220. The molecule has 2 unspecified atom stereocenters. The van der Waals surface area contributed by atoms with E-state index in [2.05, 4.69) is 0 Å². The summed E-state index contributed by atoms with van der Waals surface area (Å²) in [5.74, 6) is 0.148. The van der Waals surface area contributed by atoms with E-state index >= 15 is 0 Å². The molecule has 3 nitrogen and oxygen atoms in total. The Hall–Kier alpha value is -0.0900. The van der Waals surface area contributed by atoms with E-state index in [-0.39, 0.29) is 5.75 Å². The topological polar surface area (TPSA) is 54.4 Å². The van der Waals surface area contributed by atoms with Crippen molar-refractivity contribution in [3.05, 3.63) is 0 Å². The average Bonchev–Trinajstić information content (AvgIpc) is 2.36. The molecule has 0 saturated heterocycles. The number of aliphatic hydroxyl groups is 1. The van der Waals surface area contributed by atoms with Crippen molar-refractivity contribution in [3.8, 4) is 0 Å². The first-order chi connectivity index (χ1) is 5.08. The Balaban J connectivity index is 2.75. The summed E-state index contributed by atoms with van der Waals surface area (Å²) >= 11 is 0. The molecule has 1 fully saturated rings. The monoisotopic (exact) mass is 178 g/mol. The molecule has 1 saturated carbocycles. The van der Waals surface area contributed by atoms with Crippen molar-refractivity contribution in [1.82, 2.24) is 0 Å². The Morgan fingerprint density at radius 3 is 2.45 bits per heavy atom. The molecule has 2 atom stereocenters. The third-order valence-electron chi connectivity index (χ3n) is 2.28. The van der Waals surface area contributed by atoms with E-state index in [9.17, 15) is 13.5 Å². The quantitative estimate of drug-likeness (QED) is 0.663. The van der Waals surface area contributed by atoms with Gasteiger partial charge in [-0.25, -0.2) is 8.42 Å². The van der Waals surface area contributed by atoms with Crippen LogP contribution in [0.1, 0.15) is 26.2 Å². The molecule has 0 radical (unpaired) electrons. The van der Waals surface area contributed by atoms with Crippen molar-refractivity contribution in [2.75, 3.05) is 5.75 Å². The largest absolute Gasteiger partial charge is 0.392 e. The Labute approximate surface area is 67.3 Å². The maximum atomic E-state index is 11.3. The number of sulfone groups is 1. The van der Waals surface area contributed by atoms with E-state index < -0.39 is 21.2 Å². The third-order valence-corrected chi connectivity index (χ3v) is 4.56. The van der Waals surface area contributed by atoms with Crippen molar-refractivity contribution < 1.29 is 13.5 Å². The van der Waals surface area contributed by atoms with E-state index in [0.29, 0.717) is 12.8 Å². The van der Waals surface area contributed by atoms with Crippen LogP contribution in [0.2, 0.25) is 0 Å². The molecule has 1 aliphatic rings. The molecule has 66 valence electrons. The predicted octanol–water partition coefficient (Wildman–Crippen LogP) is 0.335. The van der Waals surface area contributed by atoms with Crippen molar-refractivity contribution in [3.63, 3.8) is 0 Å². The van der Waals surface area contributed by atoms with Gasteiger partial charge in [-0.3, -0.25) is 0 Å². The van der Waals surface area contributed by atoms with Crippen LogP contribution < -0.4 is 0 Å². The van der Waals surface area contributed by atoms with Gasteiger partial charge in [-0.15, -0.1) is 0 Å². The van der Waals surface area contributed by atoms with Crippen LogP contribution in [0.25, 0.3) is 0 Å². The maximum absolute atomic E-state index is 11.3. The van der Waals surface area contributed by atoms with Gasteiger partial charge in [0.2, 0.25) is 0 Å². The summed E-state index contributed by atoms with van der Waals surface area (Å²) in [6.07, 6.45) is 1.51. The van der Waals surface area contributed by atoms with Gasteiger partial charge in [0.15, 0.2) is 9.84 Å². The molecular weight excluding hydrogens is 164 g/mol. The maximum Gasteiger partial charge on any atom is 0.155 e. The number of hydrogen-bond acceptors (Lipinski definition) is 3. The highest BCUT2D eigenvalue weighted by molar-refractivity contribution is 7.92. The van der Waals surface area contributed by atoms with E-state index in [1.807, 2.05) is 0 Å². The van der Waals surface area contributed by atoms with Gasteiger partial charge < -0.3 is 5.11 Å². The van der Waals surface area contributed by atoms with E-state index in [0.717, 1.165) is 6.42 Å². The average molecular weight is 178 g/mol. The lowest BCUT2D eigenvalue weighted by atomic mass is 10.3. The first kappa shape index (κ1) is 9.00. The van der Waals surface area contributed by atoms with Gasteiger partial charge in [-0.2, -0.15) is 0 Å². The molecule has 4 heteroatoms. The summed E-state index contributed by atoms with van der Waals surface area (Å²) in [6, 6.07) is 0. The lowest BCUT2D eigenvalue weighted by Crippen LogP contribution is -2.30. The Morgan fingerprint density at radius 2 is 2.09 bits per heavy atom. The number of aliphatic hydroxyl groups excluding tert-OH is 1. The van der Waals surface area contributed by atoms with Gasteiger partial charge in [0.1, 0.15) is 0 Å². The molecule has 1 rings (SSSR count).